The lowest BCUT2D eigenvalue weighted by Crippen LogP contribution is -2.07. The maximum absolute atomic E-state index is 4.60. The largest absolute Gasteiger partial charge is 0.334 e. The normalized spacial score (nSPS) is 11.5. The van der Waals surface area contributed by atoms with Gasteiger partial charge in [-0.2, -0.15) is 0 Å². The van der Waals surface area contributed by atoms with E-state index >= 15 is 0 Å². The van der Waals surface area contributed by atoms with Gasteiger partial charge < -0.3 is 9.13 Å². The zero-order valence-electron chi connectivity index (χ0n) is 12.7. The van der Waals surface area contributed by atoms with Gasteiger partial charge in [0, 0.05) is 25.2 Å². The first kappa shape index (κ1) is 15.5. The van der Waals surface area contributed by atoms with Gasteiger partial charge in [-0.3, -0.25) is 0 Å². The fraction of sp³-hybridized carbons (Fsp3) is 0.600. The summed E-state index contributed by atoms with van der Waals surface area (Å²) in [6.07, 6.45) is 5.91. The SMILES string of the molecule is CCCn1cnc(C)c1Cc1ncn(CC(C)C)c1I. The van der Waals surface area contributed by atoms with Crippen molar-refractivity contribution in [3.8, 4) is 0 Å². The van der Waals surface area contributed by atoms with Crippen LogP contribution in [-0.2, 0) is 19.5 Å². The highest BCUT2D eigenvalue weighted by atomic mass is 127. The topological polar surface area (TPSA) is 35.6 Å². The summed E-state index contributed by atoms with van der Waals surface area (Å²) in [5.41, 5.74) is 3.57. The van der Waals surface area contributed by atoms with Crippen LogP contribution in [0.4, 0.5) is 0 Å². The van der Waals surface area contributed by atoms with Crippen molar-refractivity contribution >= 4 is 22.6 Å². The first-order valence-electron chi connectivity index (χ1n) is 7.23. The molecule has 0 spiro atoms. The van der Waals surface area contributed by atoms with Crippen molar-refractivity contribution in [1.82, 2.24) is 19.1 Å². The van der Waals surface area contributed by atoms with Gasteiger partial charge in [-0.15, -0.1) is 0 Å². The molecule has 2 aromatic rings. The molecule has 0 radical (unpaired) electrons. The van der Waals surface area contributed by atoms with Crippen molar-refractivity contribution in [1.29, 1.82) is 0 Å². The van der Waals surface area contributed by atoms with Gasteiger partial charge in [0.2, 0.25) is 0 Å². The van der Waals surface area contributed by atoms with Crippen LogP contribution in [-0.4, -0.2) is 19.1 Å². The third kappa shape index (κ3) is 3.42. The quantitative estimate of drug-likeness (QED) is 0.711. The first-order valence-corrected chi connectivity index (χ1v) is 8.30. The molecule has 2 rings (SSSR count). The number of hydrogen-bond donors (Lipinski definition) is 0. The molecule has 0 saturated heterocycles. The van der Waals surface area contributed by atoms with Crippen molar-refractivity contribution in [2.75, 3.05) is 0 Å². The van der Waals surface area contributed by atoms with Gasteiger partial charge in [0.15, 0.2) is 0 Å². The molecule has 0 bridgehead atoms. The molecule has 2 heterocycles. The molecular formula is C15H23IN4. The summed E-state index contributed by atoms with van der Waals surface area (Å²) in [7, 11) is 0. The lowest BCUT2D eigenvalue weighted by molar-refractivity contribution is 0.515. The summed E-state index contributed by atoms with van der Waals surface area (Å²) < 4.78 is 5.75. The maximum Gasteiger partial charge on any atom is 0.103 e. The number of halogens is 1. The number of rotatable bonds is 6. The molecule has 0 unspecified atom stereocenters. The molecule has 5 heteroatoms. The van der Waals surface area contributed by atoms with E-state index in [0.29, 0.717) is 5.92 Å². The molecule has 0 amide bonds. The Bertz CT molecular complexity index is 568. The number of aromatic nitrogens is 4. The molecule has 20 heavy (non-hydrogen) atoms. The Morgan fingerprint density at radius 1 is 1.20 bits per heavy atom. The average molecular weight is 386 g/mol. The number of nitrogens with zero attached hydrogens (tertiary/aromatic N) is 4. The molecule has 0 aromatic carbocycles. The summed E-state index contributed by atoms with van der Waals surface area (Å²) in [5, 5.41) is 0. The molecule has 0 saturated carbocycles. The van der Waals surface area contributed by atoms with Crippen molar-refractivity contribution < 1.29 is 0 Å². The lowest BCUT2D eigenvalue weighted by Gasteiger charge is -2.09. The van der Waals surface area contributed by atoms with Crippen LogP contribution in [0, 0.1) is 16.5 Å². The molecule has 0 fully saturated rings. The van der Waals surface area contributed by atoms with Gasteiger partial charge >= 0.3 is 0 Å². The summed E-state index contributed by atoms with van der Waals surface area (Å²) in [4.78, 5) is 9.04. The van der Waals surface area contributed by atoms with Crippen LogP contribution >= 0.6 is 22.6 Å². The molecule has 4 nitrogen and oxygen atoms in total. The number of hydrogen-bond acceptors (Lipinski definition) is 2. The second-order valence-electron chi connectivity index (χ2n) is 5.68. The van der Waals surface area contributed by atoms with Gasteiger partial charge in [0.25, 0.3) is 0 Å². The van der Waals surface area contributed by atoms with Crippen molar-refractivity contribution in [3.63, 3.8) is 0 Å². The van der Waals surface area contributed by atoms with E-state index in [2.05, 4.69) is 69.4 Å². The van der Waals surface area contributed by atoms with Crippen LogP contribution in [0.15, 0.2) is 12.7 Å². The molecule has 2 aromatic heterocycles. The molecular weight excluding hydrogens is 363 g/mol. The fourth-order valence-corrected chi connectivity index (χ4v) is 3.03. The van der Waals surface area contributed by atoms with E-state index in [1.807, 2.05) is 12.7 Å². The lowest BCUT2D eigenvalue weighted by atomic mass is 10.2. The van der Waals surface area contributed by atoms with Crippen LogP contribution in [0.25, 0.3) is 0 Å². The Morgan fingerprint density at radius 2 is 1.90 bits per heavy atom. The number of aryl methyl sites for hydroxylation is 2. The van der Waals surface area contributed by atoms with E-state index in [-0.39, 0.29) is 0 Å². The van der Waals surface area contributed by atoms with Crippen LogP contribution in [0.3, 0.4) is 0 Å². The Labute approximate surface area is 134 Å². The summed E-state index contributed by atoms with van der Waals surface area (Å²) >= 11 is 2.41. The Morgan fingerprint density at radius 3 is 2.55 bits per heavy atom. The predicted octanol–water partition coefficient (Wildman–Crippen LogP) is 3.65. The summed E-state index contributed by atoms with van der Waals surface area (Å²) in [6.45, 7) is 10.8. The molecule has 110 valence electrons. The zero-order valence-corrected chi connectivity index (χ0v) is 14.9. The van der Waals surface area contributed by atoms with Gasteiger partial charge in [0.05, 0.1) is 24.0 Å². The van der Waals surface area contributed by atoms with Crippen LogP contribution < -0.4 is 0 Å². The van der Waals surface area contributed by atoms with Gasteiger partial charge in [-0.25, -0.2) is 9.97 Å². The maximum atomic E-state index is 4.60. The van der Waals surface area contributed by atoms with Gasteiger partial charge in [-0.05, 0) is 41.9 Å². The highest BCUT2D eigenvalue weighted by Gasteiger charge is 2.14. The minimum absolute atomic E-state index is 0.637. The van der Waals surface area contributed by atoms with E-state index in [1.54, 1.807) is 0 Å². The minimum atomic E-state index is 0.637. The standard InChI is InChI=1S/C15H23IN4/c1-5-6-19-9-17-12(4)14(19)7-13-15(16)20(10-18-13)8-11(2)3/h9-11H,5-8H2,1-4H3. The minimum Gasteiger partial charge on any atom is -0.334 e. The highest BCUT2D eigenvalue weighted by molar-refractivity contribution is 14.1. The van der Waals surface area contributed by atoms with E-state index in [0.717, 1.165) is 37.3 Å². The van der Waals surface area contributed by atoms with E-state index in [4.69, 9.17) is 0 Å². The molecule has 0 aliphatic heterocycles. The summed E-state index contributed by atoms with van der Waals surface area (Å²) in [5.74, 6) is 0.637. The smallest absolute Gasteiger partial charge is 0.103 e. The highest BCUT2D eigenvalue weighted by Crippen LogP contribution is 2.18. The zero-order chi connectivity index (χ0) is 14.7. The van der Waals surface area contributed by atoms with Crippen molar-refractivity contribution in [2.24, 2.45) is 5.92 Å². The molecule has 0 atom stereocenters. The fourth-order valence-electron chi connectivity index (χ4n) is 2.38. The average Bonchev–Trinajstić information content (AvgIpc) is 2.89. The second-order valence-corrected chi connectivity index (χ2v) is 6.70. The van der Waals surface area contributed by atoms with Crippen molar-refractivity contribution in [3.05, 3.63) is 33.4 Å². The van der Waals surface area contributed by atoms with Crippen LogP contribution in [0.2, 0.25) is 0 Å². The third-order valence-electron chi connectivity index (χ3n) is 3.36. The van der Waals surface area contributed by atoms with Crippen LogP contribution in [0.1, 0.15) is 44.3 Å². The second kappa shape index (κ2) is 6.74. The van der Waals surface area contributed by atoms with Crippen molar-refractivity contribution in [2.45, 2.75) is 53.6 Å². The molecule has 0 N–H and O–H groups in total. The van der Waals surface area contributed by atoms with E-state index < -0.39 is 0 Å². The van der Waals surface area contributed by atoms with E-state index in [9.17, 15) is 0 Å². The van der Waals surface area contributed by atoms with Crippen LogP contribution in [0.5, 0.6) is 0 Å². The first-order chi connectivity index (χ1) is 9.52. The third-order valence-corrected chi connectivity index (χ3v) is 4.60. The Hall–Kier alpha value is -0.850. The van der Waals surface area contributed by atoms with E-state index in [1.165, 1.54) is 9.39 Å². The molecule has 0 aliphatic carbocycles. The Balaban J connectivity index is 2.22. The number of imidazole rings is 2. The van der Waals surface area contributed by atoms with Gasteiger partial charge in [0.1, 0.15) is 3.70 Å². The van der Waals surface area contributed by atoms with Gasteiger partial charge in [-0.1, -0.05) is 20.8 Å². The Kier molecular flexibility index (Phi) is 5.23. The molecule has 0 aliphatic rings. The monoisotopic (exact) mass is 386 g/mol. The summed E-state index contributed by atoms with van der Waals surface area (Å²) in [6, 6.07) is 0. The predicted molar refractivity (Wildman–Crippen MR) is 89.8 cm³/mol.